The molecule has 8 heteroatoms. The first-order chi connectivity index (χ1) is 12.5. The Kier molecular flexibility index (Phi) is 5.09. The first-order valence-electron chi connectivity index (χ1n) is 7.55. The van der Waals surface area contributed by atoms with Crippen LogP contribution in [0.5, 0.6) is 11.5 Å². The molecule has 2 aromatic rings. The fraction of sp³-hybridized carbons (Fsp3) is 0.111. The number of nitrogens with one attached hydrogen (secondary N) is 2. The van der Waals surface area contributed by atoms with Crippen molar-refractivity contribution in [2.24, 2.45) is 0 Å². The molecule has 1 fully saturated rings. The predicted octanol–water partition coefficient (Wildman–Crippen LogP) is 3.25. The summed E-state index contributed by atoms with van der Waals surface area (Å²) in [5.41, 5.74) is 1.42. The highest BCUT2D eigenvalue weighted by Gasteiger charge is 2.23. The van der Waals surface area contributed by atoms with E-state index in [1.807, 2.05) is 0 Å². The van der Waals surface area contributed by atoms with Crippen LogP contribution in [0.25, 0.3) is 6.08 Å². The van der Waals surface area contributed by atoms with Gasteiger partial charge < -0.3 is 14.8 Å². The van der Waals surface area contributed by atoms with Crippen molar-refractivity contribution < 1.29 is 23.5 Å². The number of rotatable bonds is 5. The third kappa shape index (κ3) is 3.94. The van der Waals surface area contributed by atoms with Gasteiger partial charge in [-0.3, -0.25) is 10.1 Å². The van der Waals surface area contributed by atoms with E-state index in [0.717, 1.165) is 5.56 Å². The summed E-state index contributed by atoms with van der Waals surface area (Å²) in [7, 11) is 1.46. The molecule has 6 nitrogen and oxygen atoms in total. The van der Waals surface area contributed by atoms with Gasteiger partial charge in [0.2, 0.25) is 0 Å². The molecule has 1 aliphatic rings. The minimum Gasteiger partial charge on any atom is -0.493 e. The molecule has 0 aliphatic carbocycles. The van der Waals surface area contributed by atoms with Crippen molar-refractivity contribution in [2.45, 2.75) is 6.61 Å². The molecule has 1 aliphatic heterocycles. The summed E-state index contributed by atoms with van der Waals surface area (Å²) in [5, 5.41) is 4.77. The number of carbonyl (C=O) groups excluding carboxylic acids is 2. The van der Waals surface area contributed by atoms with E-state index in [0.29, 0.717) is 17.1 Å². The highest BCUT2D eigenvalue weighted by atomic mass is 35.5. The fourth-order valence-electron chi connectivity index (χ4n) is 2.35. The summed E-state index contributed by atoms with van der Waals surface area (Å²) in [4.78, 5) is 22.8. The molecule has 1 heterocycles. The van der Waals surface area contributed by atoms with Gasteiger partial charge in [0.15, 0.2) is 11.5 Å². The zero-order chi connectivity index (χ0) is 18.7. The molecule has 26 heavy (non-hydrogen) atoms. The molecule has 2 N–H and O–H groups in total. The number of benzene rings is 2. The summed E-state index contributed by atoms with van der Waals surface area (Å²) < 4.78 is 24.0. The number of imide groups is 1. The van der Waals surface area contributed by atoms with Gasteiger partial charge in [0, 0.05) is 0 Å². The average molecular weight is 377 g/mol. The number of halogens is 2. The number of ether oxygens (including phenoxy) is 2. The molecule has 3 rings (SSSR count). The summed E-state index contributed by atoms with van der Waals surface area (Å²) in [6.07, 6.45) is 1.47. The molecule has 0 bridgehead atoms. The van der Waals surface area contributed by atoms with Gasteiger partial charge in [-0.1, -0.05) is 23.7 Å². The van der Waals surface area contributed by atoms with E-state index in [-0.39, 0.29) is 23.1 Å². The normalized spacial score (nSPS) is 15.0. The topological polar surface area (TPSA) is 76.7 Å². The lowest BCUT2D eigenvalue weighted by atomic mass is 10.1. The van der Waals surface area contributed by atoms with E-state index in [2.05, 4.69) is 10.6 Å². The molecule has 1 saturated heterocycles. The van der Waals surface area contributed by atoms with Crippen LogP contribution in [0.2, 0.25) is 5.02 Å². The maximum Gasteiger partial charge on any atom is 0.326 e. The van der Waals surface area contributed by atoms with Gasteiger partial charge in [0.1, 0.15) is 18.1 Å². The Labute approximate surface area is 153 Å². The SMILES string of the molecule is COc1cc(/C=C2/NC(=O)NC2=O)cc(Cl)c1OCc1ccc(F)cc1. The van der Waals surface area contributed by atoms with Crippen molar-refractivity contribution in [1.29, 1.82) is 0 Å². The second-order valence-corrected chi connectivity index (χ2v) is 5.82. The van der Waals surface area contributed by atoms with Crippen LogP contribution in [0.15, 0.2) is 42.1 Å². The Bertz CT molecular complexity index is 897. The Morgan fingerprint density at radius 3 is 2.50 bits per heavy atom. The summed E-state index contributed by atoms with van der Waals surface area (Å²) in [6.45, 7) is 0.176. The Morgan fingerprint density at radius 1 is 1.15 bits per heavy atom. The Morgan fingerprint density at radius 2 is 1.88 bits per heavy atom. The molecule has 0 saturated carbocycles. The fourth-order valence-corrected chi connectivity index (χ4v) is 2.62. The lowest BCUT2D eigenvalue weighted by molar-refractivity contribution is -0.115. The molecule has 0 spiro atoms. The van der Waals surface area contributed by atoms with Crippen molar-refractivity contribution in [2.75, 3.05) is 7.11 Å². The molecule has 2 aromatic carbocycles. The van der Waals surface area contributed by atoms with Crippen LogP contribution >= 0.6 is 11.6 Å². The number of urea groups is 1. The van der Waals surface area contributed by atoms with Crippen LogP contribution in [0, 0.1) is 5.82 Å². The van der Waals surface area contributed by atoms with E-state index >= 15 is 0 Å². The first kappa shape index (κ1) is 17.8. The van der Waals surface area contributed by atoms with Gasteiger partial charge in [0.05, 0.1) is 12.1 Å². The van der Waals surface area contributed by atoms with E-state index in [9.17, 15) is 14.0 Å². The Hall–Kier alpha value is -3.06. The zero-order valence-electron chi connectivity index (χ0n) is 13.6. The maximum absolute atomic E-state index is 13.0. The largest absolute Gasteiger partial charge is 0.493 e. The molecule has 134 valence electrons. The number of methoxy groups -OCH3 is 1. The second kappa shape index (κ2) is 7.45. The molecule has 0 radical (unpaired) electrons. The van der Waals surface area contributed by atoms with Gasteiger partial charge in [-0.05, 0) is 41.5 Å². The van der Waals surface area contributed by atoms with Gasteiger partial charge in [-0.15, -0.1) is 0 Å². The highest BCUT2D eigenvalue weighted by Crippen LogP contribution is 2.37. The van der Waals surface area contributed by atoms with Crippen LogP contribution in [0.3, 0.4) is 0 Å². The Balaban J connectivity index is 1.83. The minimum absolute atomic E-state index is 0.105. The van der Waals surface area contributed by atoms with Crippen molar-refractivity contribution in [3.63, 3.8) is 0 Å². The maximum atomic E-state index is 13.0. The van der Waals surface area contributed by atoms with Gasteiger partial charge in [0.25, 0.3) is 5.91 Å². The summed E-state index contributed by atoms with van der Waals surface area (Å²) >= 11 is 6.27. The monoisotopic (exact) mass is 376 g/mol. The second-order valence-electron chi connectivity index (χ2n) is 5.42. The number of carbonyl (C=O) groups is 2. The number of amides is 3. The molecule has 0 atom stereocenters. The molecular formula is C18H14ClFN2O4. The van der Waals surface area contributed by atoms with Crippen LogP contribution < -0.4 is 20.1 Å². The standard InChI is InChI=1S/C18H14ClFN2O4/c1-25-15-8-11(7-14-17(23)22-18(24)21-14)6-13(19)16(15)26-9-10-2-4-12(20)5-3-10/h2-8H,9H2,1H3,(H2,21,22,23,24)/b14-7+. The predicted molar refractivity (Wildman–Crippen MR) is 93.4 cm³/mol. The van der Waals surface area contributed by atoms with Gasteiger partial charge >= 0.3 is 6.03 Å². The van der Waals surface area contributed by atoms with Crippen LogP contribution in [0.1, 0.15) is 11.1 Å². The zero-order valence-corrected chi connectivity index (χ0v) is 14.4. The molecule has 0 aromatic heterocycles. The van der Waals surface area contributed by atoms with E-state index in [1.165, 1.54) is 25.3 Å². The molecular weight excluding hydrogens is 363 g/mol. The van der Waals surface area contributed by atoms with Crippen LogP contribution in [-0.4, -0.2) is 19.0 Å². The van der Waals surface area contributed by atoms with Crippen molar-refractivity contribution in [1.82, 2.24) is 10.6 Å². The average Bonchev–Trinajstić information content (AvgIpc) is 2.92. The van der Waals surface area contributed by atoms with Crippen LogP contribution in [-0.2, 0) is 11.4 Å². The summed E-state index contributed by atoms with van der Waals surface area (Å²) in [5.74, 6) is -0.178. The lowest BCUT2D eigenvalue weighted by Gasteiger charge is -2.13. The third-order valence-electron chi connectivity index (χ3n) is 3.58. The van der Waals surface area contributed by atoms with E-state index < -0.39 is 11.9 Å². The van der Waals surface area contributed by atoms with Crippen LogP contribution in [0.4, 0.5) is 9.18 Å². The van der Waals surface area contributed by atoms with Gasteiger partial charge in [-0.25, -0.2) is 9.18 Å². The van der Waals surface area contributed by atoms with E-state index in [1.54, 1.807) is 24.3 Å². The number of hydrogen-bond donors (Lipinski definition) is 2. The van der Waals surface area contributed by atoms with Crippen molar-refractivity contribution >= 4 is 29.6 Å². The third-order valence-corrected chi connectivity index (χ3v) is 3.86. The van der Waals surface area contributed by atoms with E-state index in [4.69, 9.17) is 21.1 Å². The van der Waals surface area contributed by atoms with Crippen molar-refractivity contribution in [3.05, 3.63) is 64.1 Å². The highest BCUT2D eigenvalue weighted by molar-refractivity contribution is 6.32. The molecule has 0 unspecified atom stereocenters. The summed E-state index contributed by atoms with van der Waals surface area (Å²) in [6, 6.07) is 8.51. The first-order valence-corrected chi connectivity index (χ1v) is 7.93. The minimum atomic E-state index is -0.585. The number of hydrogen-bond acceptors (Lipinski definition) is 4. The lowest BCUT2D eigenvalue weighted by Crippen LogP contribution is -2.22. The quantitative estimate of drug-likeness (QED) is 0.620. The van der Waals surface area contributed by atoms with Crippen molar-refractivity contribution in [3.8, 4) is 11.5 Å². The van der Waals surface area contributed by atoms with Gasteiger partial charge in [-0.2, -0.15) is 0 Å². The smallest absolute Gasteiger partial charge is 0.326 e. The molecule has 3 amide bonds.